The molecule has 0 unspecified atom stereocenters. The molecular formula is C14H19N3OS. The number of rotatable bonds is 3. The van der Waals surface area contributed by atoms with Crippen LogP contribution in [0.4, 0.5) is 0 Å². The second-order valence-electron chi connectivity index (χ2n) is 5.17. The first-order valence-corrected chi connectivity index (χ1v) is 7.85. The maximum Gasteiger partial charge on any atom is 0.258 e. The van der Waals surface area contributed by atoms with Gasteiger partial charge < -0.3 is 0 Å². The highest BCUT2D eigenvalue weighted by atomic mass is 32.1. The van der Waals surface area contributed by atoms with Gasteiger partial charge in [-0.05, 0) is 25.8 Å². The lowest BCUT2D eigenvalue weighted by Crippen LogP contribution is -2.38. The van der Waals surface area contributed by atoms with Crippen LogP contribution in [0.25, 0.3) is 4.96 Å². The molecule has 0 aliphatic carbocycles. The van der Waals surface area contributed by atoms with Gasteiger partial charge in [0.2, 0.25) is 0 Å². The van der Waals surface area contributed by atoms with Gasteiger partial charge in [0, 0.05) is 30.2 Å². The molecule has 2 aromatic heterocycles. The molecular weight excluding hydrogens is 258 g/mol. The van der Waals surface area contributed by atoms with Crippen molar-refractivity contribution in [3.8, 4) is 0 Å². The zero-order valence-corrected chi connectivity index (χ0v) is 12.0. The molecule has 1 aliphatic rings. The van der Waals surface area contributed by atoms with Gasteiger partial charge in [-0.3, -0.25) is 14.1 Å². The van der Waals surface area contributed by atoms with Gasteiger partial charge in [-0.2, -0.15) is 0 Å². The number of piperidine rings is 1. The van der Waals surface area contributed by atoms with Crippen LogP contribution in [-0.4, -0.2) is 26.9 Å². The SMILES string of the molecule is CC[C@H]1CCCCN1Cc1cc(=O)n2ccsc2n1. The summed E-state index contributed by atoms with van der Waals surface area (Å²) >= 11 is 1.52. The Bertz CT molecular complexity index is 618. The fourth-order valence-corrected chi connectivity index (χ4v) is 3.65. The van der Waals surface area contributed by atoms with Crippen molar-refractivity contribution < 1.29 is 0 Å². The Kier molecular flexibility index (Phi) is 3.66. The third-order valence-electron chi connectivity index (χ3n) is 3.94. The van der Waals surface area contributed by atoms with Crippen LogP contribution in [0.2, 0.25) is 0 Å². The molecule has 0 N–H and O–H groups in total. The predicted molar refractivity (Wildman–Crippen MR) is 77.7 cm³/mol. The van der Waals surface area contributed by atoms with Crippen molar-refractivity contribution in [1.29, 1.82) is 0 Å². The molecule has 2 aromatic rings. The van der Waals surface area contributed by atoms with Crippen LogP contribution in [-0.2, 0) is 6.54 Å². The molecule has 102 valence electrons. The van der Waals surface area contributed by atoms with Crippen LogP contribution >= 0.6 is 11.3 Å². The molecule has 0 amide bonds. The number of thiazole rings is 1. The normalized spacial score (nSPS) is 21.0. The summed E-state index contributed by atoms with van der Waals surface area (Å²) in [5.41, 5.74) is 0.944. The molecule has 19 heavy (non-hydrogen) atoms. The minimum Gasteiger partial charge on any atom is -0.295 e. The van der Waals surface area contributed by atoms with E-state index in [2.05, 4.69) is 16.8 Å². The van der Waals surface area contributed by atoms with Gasteiger partial charge in [-0.1, -0.05) is 13.3 Å². The Balaban J connectivity index is 1.85. The summed E-state index contributed by atoms with van der Waals surface area (Å²) in [4.78, 5) is 19.8. The van der Waals surface area contributed by atoms with E-state index in [0.717, 1.165) is 23.7 Å². The molecule has 4 nitrogen and oxygen atoms in total. The highest BCUT2D eigenvalue weighted by Crippen LogP contribution is 2.21. The summed E-state index contributed by atoms with van der Waals surface area (Å²) < 4.78 is 1.61. The first-order valence-electron chi connectivity index (χ1n) is 6.98. The summed E-state index contributed by atoms with van der Waals surface area (Å²) in [6.07, 6.45) is 6.83. The fourth-order valence-electron chi connectivity index (χ4n) is 2.91. The van der Waals surface area contributed by atoms with E-state index in [-0.39, 0.29) is 5.56 Å². The van der Waals surface area contributed by atoms with Crippen LogP contribution < -0.4 is 5.56 Å². The molecule has 5 heteroatoms. The Morgan fingerprint density at radius 2 is 2.37 bits per heavy atom. The predicted octanol–water partition coefficient (Wildman–Crippen LogP) is 2.52. The maximum atomic E-state index is 12.0. The van der Waals surface area contributed by atoms with E-state index in [9.17, 15) is 4.79 Å². The van der Waals surface area contributed by atoms with Crippen molar-refractivity contribution in [2.75, 3.05) is 6.54 Å². The lowest BCUT2D eigenvalue weighted by molar-refractivity contribution is 0.134. The average Bonchev–Trinajstić information content (AvgIpc) is 2.88. The van der Waals surface area contributed by atoms with E-state index in [1.54, 1.807) is 16.7 Å². The van der Waals surface area contributed by atoms with Crippen molar-refractivity contribution in [2.45, 2.75) is 45.2 Å². The molecule has 3 rings (SSSR count). The zero-order valence-electron chi connectivity index (χ0n) is 11.2. The Morgan fingerprint density at radius 3 is 3.21 bits per heavy atom. The number of nitrogens with zero attached hydrogens (tertiary/aromatic N) is 3. The van der Waals surface area contributed by atoms with Gasteiger partial charge in [-0.15, -0.1) is 11.3 Å². The molecule has 0 spiro atoms. The van der Waals surface area contributed by atoms with Crippen molar-refractivity contribution in [3.05, 3.63) is 33.7 Å². The first-order chi connectivity index (χ1) is 9.28. The second-order valence-corrected chi connectivity index (χ2v) is 6.04. The summed E-state index contributed by atoms with van der Waals surface area (Å²) in [6.45, 7) is 4.18. The van der Waals surface area contributed by atoms with Crippen LogP contribution in [0.3, 0.4) is 0 Å². The average molecular weight is 277 g/mol. The summed E-state index contributed by atoms with van der Waals surface area (Å²) in [5, 5.41) is 1.91. The zero-order chi connectivity index (χ0) is 13.2. The smallest absolute Gasteiger partial charge is 0.258 e. The minimum absolute atomic E-state index is 0.0336. The molecule has 0 radical (unpaired) electrons. The molecule has 3 heterocycles. The first kappa shape index (κ1) is 12.8. The van der Waals surface area contributed by atoms with E-state index < -0.39 is 0 Å². The van der Waals surface area contributed by atoms with E-state index >= 15 is 0 Å². The van der Waals surface area contributed by atoms with E-state index in [0.29, 0.717) is 6.04 Å². The topological polar surface area (TPSA) is 37.6 Å². The molecule has 0 saturated carbocycles. The largest absolute Gasteiger partial charge is 0.295 e. The van der Waals surface area contributed by atoms with Gasteiger partial charge in [0.15, 0.2) is 4.96 Å². The van der Waals surface area contributed by atoms with Gasteiger partial charge in [0.05, 0.1) is 5.69 Å². The molecule has 1 atom stereocenters. The van der Waals surface area contributed by atoms with Gasteiger partial charge >= 0.3 is 0 Å². The highest BCUT2D eigenvalue weighted by molar-refractivity contribution is 7.15. The highest BCUT2D eigenvalue weighted by Gasteiger charge is 2.21. The van der Waals surface area contributed by atoms with E-state index in [1.165, 1.54) is 37.0 Å². The summed E-state index contributed by atoms with van der Waals surface area (Å²) in [5.74, 6) is 0. The third-order valence-corrected chi connectivity index (χ3v) is 4.70. The van der Waals surface area contributed by atoms with Crippen molar-refractivity contribution in [1.82, 2.24) is 14.3 Å². The number of hydrogen-bond donors (Lipinski definition) is 0. The number of fused-ring (bicyclic) bond motifs is 1. The van der Waals surface area contributed by atoms with Gasteiger partial charge in [0.25, 0.3) is 5.56 Å². The quantitative estimate of drug-likeness (QED) is 0.865. The number of hydrogen-bond acceptors (Lipinski definition) is 4. The summed E-state index contributed by atoms with van der Waals surface area (Å²) in [7, 11) is 0. The third kappa shape index (κ3) is 2.58. The van der Waals surface area contributed by atoms with Crippen molar-refractivity contribution in [2.24, 2.45) is 0 Å². The molecule has 0 aromatic carbocycles. The Hall–Kier alpha value is -1.20. The van der Waals surface area contributed by atoms with Crippen LogP contribution in [0.15, 0.2) is 22.4 Å². The monoisotopic (exact) mass is 277 g/mol. The second kappa shape index (κ2) is 5.43. The van der Waals surface area contributed by atoms with Gasteiger partial charge in [0.1, 0.15) is 0 Å². The van der Waals surface area contributed by atoms with Gasteiger partial charge in [-0.25, -0.2) is 4.98 Å². The van der Waals surface area contributed by atoms with E-state index in [1.807, 2.05) is 5.38 Å². The molecule has 1 saturated heterocycles. The van der Waals surface area contributed by atoms with Crippen LogP contribution in [0.1, 0.15) is 38.3 Å². The lowest BCUT2D eigenvalue weighted by atomic mass is 10.00. The Morgan fingerprint density at radius 1 is 1.47 bits per heavy atom. The molecule has 0 bridgehead atoms. The van der Waals surface area contributed by atoms with Crippen molar-refractivity contribution >= 4 is 16.3 Å². The lowest BCUT2D eigenvalue weighted by Gasteiger charge is -2.34. The maximum absolute atomic E-state index is 12.0. The summed E-state index contributed by atoms with van der Waals surface area (Å²) in [6, 6.07) is 2.33. The van der Waals surface area contributed by atoms with Crippen LogP contribution in [0.5, 0.6) is 0 Å². The van der Waals surface area contributed by atoms with E-state index in [4.69, 9.17) is 0 Å². The number of aromatic nitrogens is 2. The minimum atomic E-state index is 0.0336. The molecule has 1 fully saturated rings. The molecule has 1 aliphatic heterocycles. The fraction of sp³-hybridized carbons (Fsp3) is 0.571. The standard InChI is InChI=1S/C14H19N3OS/c1-2-12-5-3-4-6-16(12)10-11-9-13(18)17-7-8-19-14(17)15-11/h7-9,12H,2-6,10H2,1H3/t12-/m0/s1. The Labute approximate surface area is 116 Å². The van der Waals surface area contributed by atoms with Crippen LogP contribution in [0, 0.1) is 0 Å². The van der Waals surface area contributed by atoms with Crippen molar-refractivity contribution in [3.63, 3.8) is 0 Å². The number of likely N-dealkylation sites (tertiary alicyclic amines) is 1.